The molecule has 0 bridgehead atoms. The molecule has 1 aliphatic rings. The van der Waals surface area contributed by atoms with Crippen LogP contribution in [0.4, 0.5) is 0 Å². The zero-order valence-electron chi connectivity index (χ0n) is 16.4. The minimum atomic E-state index is -0.558. The van der Waals surface area contributed by atoms with E-state index < -0.39 is 5.54 Å². The topological polar surface area (TPSA) is 63.1 Å². The Hall–Kier alpha value is -2.21. The van der Waals surface area contributed by atoms with Crippen LogP contribution >= 0.6 is 0 Å². The molecule has 6 nitrogen and oxygen atoms in total. The van der Waals surface area contributed by atoms with Crippen molar-refractivity contribution in [2.75, 3.05) is 14.1 Å². The molecule has 0 saturated heterocycles. The maximum atomic E-state index is 13.5. The first kappa shape index (κ1) is 18.6. The van der Waals surface area contributed by atoms with Crippen molar-refractivity contribution >= 4 is 5.91 Å². The summed E-state index contributed by atoms with van der Waals surface area (Å²) in [4.78, 5) is 19.9. The van der Waals surface area contributed by atoms with Gasteiger partial charge in [-0.1, -0.05) is 38.1 Å². The quantitative estimate of drug-likeness (QED) is 0.862. The van der Waals surface area contributed by atoms with E-state index in [-0.39, 0.29) is 11.9 Å². The van der Waals surface area contributed by atoms with Crippen molar-refractivity contribution in [3.8, 4) is 0 Å². The highest BCUT2D eigenvalue weighted by atomic mass is 16.2. The van der Waals surface area contributed by atoms with Crippen LogP contribution in [0.5, 0.6) is 0 Å². The number of aromatic nitrogens is 3. The van der Waals surface area contributed by atoms with Crippen molar-refractivity contribution in [1.29, 1.82) is 0 Å². The van der Waals surface area contributed by atoms with Crippen LogP contribution in [0.15, 0.2) is 30.6 Å². The molecule has 3 rings (SSSR count). The summed E-state index contributed by atoms with van der Waals surface area (Å²) in [5.41, 5.74) is 1.96. The molecular weight excluding hydrogens is 326 g/mol. The minimum absolute atomic E-state index is 0.0624. The monoisotopic (exact) mass is 355 g/mol. The number of benzene rings is 1. The van der Waals surface area contributed by atoms with Gasteiger partial charge in [0.05, 0.1) is 6.04 Å². The zero-order chi connectivity index (χ0) is 18.9. The molecule has 1 aliphatic carbocycles. The number of likely N-dealkylation sites (N-methyl/N-ethyl adjacent to an activating group) is 1. The Morgan fingerprint density at radius 1 is 1.27 bits per heavy atom. The molecule has 1 amide bonds. The van der Waals surface area contributed by atoms with Gasteiger partial charge in [-0.15, -0.1) is 0 Å². The summed E-state index contributed by atoms with van der Waals surface area (Å²) < 4.78 is 1.75. The first-order valence-electron chi connectivity index (χ1n) is 9.22. The molecule has 0 fully saturated rings. The van der Waals surface area contributed by atoms with E-state index in [0.717, 1.165) is 25.1 Å². The van der Waals surface area contributed by atoms with E-state index in [1.807, 2.05) is 33.3 Å². The molecule has 1 aromatic heterocycles. The van der Waals surface area contributed by atoms with Gasteiger partial charge in [0, 0.05) is 19.9 Å². The normalized spacial score (nSPS) is 16.7. The van der Waals surface area contributed by atoms with Crippen molar-refractivity contribution in [2.24, 2.45) is 13.0 Å². The van der Waals surface area contributed by atoms with Crippen LogP contribution in [-0.4, -0.2) is 45.2 Å². The lowest BCUT2D eigenvalue weighted by atomic mass is 9.91. The number of carbonyl (C=O) groups excluding carboxylic acids is 1. The van der Waals surface area contributed by atoms with Crippen LogP contribution in [0.2, 0.25) is 0 Å². The number of hydrogen-bond donors (Lipinski definition) is 1. The average molecular weight is 355 g/mol. The second kappa shape index (κ2) is 7.19. The maximum Gasteiger partial charge on any atom is 0.241 e. The highest BCUT2D eigenvalue weighted by Crippen LogP contribution is 2.34. The highest BCUT2D eigenvalue weighted by Gasteiger charge is 2.46. The van der Waals surface area contributed by atoms with Gasteiger partial charge in [0.25, 0.3) is 0 Å². The van der Waals surface area contributed by atoms with E-state index in [4.69, 9.17) is 0 Å². The third-order valence-corrected chi connectivity index (χ3v) is 5.43. The van der Waals surface area contributed by atoms with Crippen LogP contribution in [0.1, 0.15) is 43.3 Å². The first-order valence-corrected chi connectivity index (χ1v) is 9.22. The Balaban J connectivity index is 1.87. The van der Waals surface area contributed by atoms with Gasteiger partial charge in [-0.05, 0) is 37.6 Å². The fourth-order valence-electron chi connectivity index (χ4n) is 3.89. The standard InChI is InChI=1S/C20H29N5O/c1-14(2)10-17(18-21-13-22-25(18)5)23-19(26)20(24(3)4)11-15-8-6-7-9-16(15)12-20/h6-9,13-14,17H,10-12H2,1-5H3,(H,23,26)/t17-/m1/s1. The second-order valence-electron chi connectivity index (χ2n) is 7.95. The number of carbonyl (C=O) groups is 1. The van der Waals surface area contributed by atoms with Crippen LogP contribution in [-0.2, 0) is 24.7 Å². The fourth-order valence-corrected chi connectivity index (χ4v) is 3.89. The van der Waals surface area contributed by atoms with Crippen molar-refractivity contribution < 1.29 is 4.79 Å². The zero-order valence-corrected chi connectivity index (χ0v) is 16.4. The Kier molecular flexibility index (Phi) is 5.14. The van der Waals surface area contributed by atoms with E-state index in [9.17, 15) is 4.79 Å². The van der Waals surface area contributed by atoms with Crippen molar-refractivity contribution in [1.82, 2.24) is 25.0 Å². The third-order valence-electron chi connectivity index (χ3n) is 5.43. The van der Waals surface area contributed by atoms with Gasteiger partial charge in [-0.25, -0.2) is 4.98 Å². The predicted molar refractivity (Wildman–Crippen MR) is 102 cm³/mol. The molecule has 0 spiro atoms. The Morgan fingerprint density at radius 3 is 2.35 bits per heavy atom. The Bertz CT molecular complexity index is 755. The Labute approximate surface area is 155 Å². The lowest BCUT2D eigenvalue weighted by Crippen LogP contribution is -2.57. The summed E-state index contributed by atoms with van der Waals surface area (Å²) >= 11 is 0. The van der Waals surface area contributed by atoms with Crippen molar-refractivity contribution in [3.05, 3.63) is 47.5 Å². The summed E-state index contributed by atoms with van der Waals surface area (Å²) in [5, 5.41) is 7.46. The summed E-state index contributed by atoms with van der Waals surface area (Å²) in [6.45, 7) is 4.31. The van der Waals surface area contributed by atoms with Gasteiger partial charge in [0.2, 0.25) is 5.91 Å². The van der Waals surface area contributed by atoms with Crippen LogP contribution in [0.25, 0.3) is 0 Å². The number of nitrogens with one attached hydrogen (secondary N) is 1. The van der Waals surface area contributed by atoms with Gasteiger partial charge in [-0.2, -0.15) is 5.10 Å². The van der Waals surface area contributed by atoms with Crippen molar-refractivity contribution in [2.45, 2.75) is 44.7 Å². The lowest BCUT2D eigenvalue weighted by molar-refractivity contribution is -0.132. The molecule has 6 heteroatoms. The van der Waals surface area contributed by atoms with Gasteiger partial charge in [0.1, 0.15) is 17.7 Å². The fraction of sp³-hybridized carbons (Fsp3) is 0.550. The first-order chi connectivity index (χ1) is 12.3. The molecule has 1 N–H and O–H groups in total. The molecule has 26 heavy (non-hydrogen) atoms. The average Bonchev–Trinajstić information content (AvgIpc) is 3.17. The number of hydrogen-bond acceptors (Lipinski definition) is 4. The van der Waals surface area contributed by atoms with Crippen molar-refractivity contribution in [3.63, 3.8) is 0 Å². The van der Waals surface area contributed by atoms with Crippen LogP contribution in [0, 0.1) is 5.92 Å². The van der Waals surface area contributed by atoms with Gasteiger partial charge in [0.15, 0.2) is 0 Å². The molecule has 1 aromatic carbocycles. The lowest BCUT2D eigenvalue weighted by Gasteiger charge is -2.36. The Morgan fingerprint density at radius 2 is 1.88 bits per heavy atom. The van der Waals surface area contributed by atoms with Gasteiger partial charge in [-0.3, -0.25) is 14.4 Å². The van der Waals surface area contributed by atoms with Crippen LogP contribution < -0.4 is 5.32 Å². The summed E-state index contributed by atoms with van der Waals surface area (Å²) in [6.07, 6.45) is 3.83. The number of fused-ring (bicyclic) bond motifs is 1. The number of nitrogens with zero attached hydrogens (tertiary/aromatic N) is 4. The van der Waals surface area contributed by atoms with Crippen LogP contribution in [0.3, 0.4) is 0 Å². The predicted octanol–water partition coefficient (Wildman–Crippen LogP) is 2.12. The highest BCUT2D eigenvalue weighted by molar-refractivity contribution is 5.88. The van der Waals surface area contributed by atoms with Gasteiger partial charge < -0.3 is 5.32 Å². The van der Waals surface area contributed by atoms with E-state index in [2.05, 4.69) is 46.3 Å². The SMILES string of the molecule is CC(C)C[C@@H](NC(=O)C1(N(C)C)Cc2ccccc2C1)c1ncnn1C. The van der Waals surface area contributed by atoms with E-state index in [1.54, 1.807) is 11.0 Å². The molecule has 1 atom stereocenters. The molecule has 0 radical (unpaired) electrons. The summed E-state index contributed by atoms with van der Waals surface area (Å²) in [6, 6.07) is 8.20. The van der Waals surface area contributed by atoms with E-state index in [1.165, 1.54) is 11.1 Å². The van der Waals surface area contributed by atoms with E-state index >= 15 is 0 Å². The molecule has 0 saturated carbocycles. The minimum Gasteiger partial charge on any atom is -0.344 e. The summed E-state index contributed by atoms with van der Waals surface area (Å²) in [7, 11) is 5.85. The molecule has 0 aliphatic heterocycles. The molecule has 0 unspecified atom stereocenters. The number of rotatable bonds is 6. The smallest absolute Gasteiger partial charge is 0.241 e. The van der Waals surface area contributed by atoms with E-state index in [0.29, 0.717) is 5.92 Å². The number of amides is 1. The molecule has 2 aromatic rings. The maximum absolute atomic E-state index is 13.5. The molecule has 1 heterocycles. The molecule has 140 valence electrons. The summed E-state index contributed by atoms with van der Waals surface area (Å²) in [5.74, 6) is 1.30. The van der Waals surface area contributed by atoms with Gasteiger partial charge >= 0.3 is 0 Å². The number of aryl methyl sites for hydroxylation is 1. The second-order valence-corrected chi connectivity index (χ2v) is 7.95. The largest absolute Gasteiger partial charge is 0.344 e. The molecular formula is C20H29N5O. The third kappa shape index (κ3) is 3.38.